The molecule has 3 rings (SSSR count). The SMILES string of the molecule is CCNC(=NCc1ccc(OCC)c(F)c1)N1CCC(N2CC=CC2)C1.I. The topological polar surface area (TPSA) is 40.1 Å². The largest absolute Gasteiger partial charge is 0.491 e. The summed E-state index contributed by atoms with van der Waals surface area (Å²) in [4.78, 5) is 9.56. The lowest BCUT2D eigenvalue weighted by molar-refractivity contribution is 0.259. The fraction of sp³-hybridized carbons (Fsp3) is 0.550. The van der Waals surface area contributed by atoms with Crippen LogP contribution in [0.5, 0.6) is 5.75 Å². The van der Waals surface area contributed by atoms with E-state index in [4.69, 9.17) is 9.73 Å². The number of ether oxygens (including phenoxy) is 1. The maximum absolute atomic E-state index is 14.0. The summed E-state index contributed by atoms with van der Waals surface area (Å²) in [6.07, 6.45) is 5.63. The second kappa shape index (κ2) is 10.8. The third-order valence-electron chi connectivity index (χ3n) is 4.87. The highest BCUT2D eigenvalue weighted by Crippen LogP contribution is 2.20. The van der Waals surface area contributed by atoms with Crippen molar-refractivity contribution in [3.8, 4) is 5.75 Å². The number of hydrogen-bond donors (Lipinski definition) is 1. The van der Waals surface area contributed by atoms with Gasteiger partial charge in [0.1, 0.15) is 0 Å². The summed E-state index contributed by atoms with van der Waals surface area (Å²) in [6, 6.07) is 5.66. The van der Waals surface area contributed by atoms with Crippen molar-refractivity contribution in [3.05, 3.63) is 41.7 Å². The van der Waals surface area contributed by atoms with Gasteiger partial charge in [-0.3, -0.25) is 4.90 Å². The average molecular weight is 488 g/mol. The van der Waals surface area contributed by atoms with E-state index in [-0.39, 0.29) is 29.8 Å². The first-order valence-electron chi connectivity index (χ1n) is 9.54. The molecule has 150 valence electrons. The molecule has 0 aliphatic carbocycles. The monoisotopic (exact) mass is 488 g/mol. The Kier molecular flexibility index (Phi) is 8.82. The van der Waals surface area contributed by atoms with Crippen LogP contribution in [0.2, 0.25) is 0 Å². The minimum atomic E-state index is -0.327. The molecule has 7 heteroatoms. The number of likely N-dealkylation sites (tertiary alicyclic amines) is 1. The van der Waals surface area contributed by atoms with Crippen LogP contribution >= 0.6 is 24.0 Å². The Labute approximate surface area is 178 Å². The molecule has 0 saturated carbocycles. The van der Waals surface area contributed by atoms with Gasteiger partial charge < -0.3 is 15.0 Å². The highest BCUT2D eigenvalue weighted by atomic mass is 127. The van der Waals surface area contributed by atoms with Crippen molar-refractivity contribution < 1.29 is 9.13 Å². The Balaban J connectivity index is 0.00000261. The van der Waals surface area contributed by atoms with E-state index in [1.165, 1.54) is 6.07 Å². The predicted molar refractivity (Wildman–Crippen MR) is 118 cm³/mol. The third kappa shape index (κ3) is 5.81. The van der Waals surface area contributed by atoms with Crippen molar-refractivity contribution in [1.29, 1.82) is 0 Å². The van der Waals surface area contributed by atoms with E-state index in [0.717, 1.165) is 50.7 Å². The first-order chi connectivity index (χ1) is 12.7. The van der Waals surface area contributed by atoms with Gasteiger partial charge in [0.25, 0.3) is 0 Å². The average Bonchev–Trinajstić information content (AvgIpc) is 3.32. The van der Waals surface area contributed by atoms with Crippen molar-refractivity contribution in [3.63, 3.8) is 0 Å². The Morgan fingerprint density at radius 3 is 2.74 bits per heavy atom. The fourth-order valence-corrected chi connectivity index (χ4v) is 3.53. The van der Waals surface area contributed by atoms with E-state index < -0.39 is 0 Å². The molecule has 2 heterocycles. The van der Waals surface area contributed by atoms with E-state index in [9.17, 15) is 4.39 Å². The van der Waals surface area contributed by atoms with Crippen molar-refractivity contribution >= 4 is 29.9 Å². The summed E-state index contributed by atoms with van der Waals surface area (Å²) in [5.74, 6) is 0.887. The molecule has 5 nitrogen and oxygen atoms in total. The van der Waals surface area contributed by atoms with Crippen LogP contribution in [-0.4, -0.2) is 61.1 Å². The molecule has 1 aromatic rings. The summed E-state index contributed by atoms with van der Waals surface area (Å²) in [7, 11) is 0. The maximum Gasteiger partial charge on any atom is 0.194 e. The number of rotatable bonds is 6. The van der Waals surface area contributed by atoms with Gasteiger partial charge in [0.2, 0.25) is 0 Å². The van der Waals surface area contributed by atoms with E-state index in [0.29, 0.717) is 24.9 Å². The third-order valence-corrected chi connectivity index (χ3v) is 4.87. The van der Waals surface area contributed by atoms with Gasteiger partial charge >= 0.3 is 0 Å². The molecule has 1 N–H and O–H groups in total. The number of nitrogens with zero attached hydrogens (tertiary/aromatic N) is 3. The lowest BCUT2D eigenvalue weighted by Crippen LogP contribution is -2.42. The summed E-state index contributed by atoms with van der Waals surface area (Å²) in [6.45, 7) is 9.76. The number of nitrogens with one attached hydrogen (secondary N) is 1. The molecule has 2 aliphatic heterocycles. The zero-order valence-corrected chi connectivity index (χ0v) is 18.5. The molecule has 1 unspecified atom stereocenters. The van der Waals surface area contributed by atoms with Crippen LogP contribution in [0.3, 0.4) is 0 Å². The van der Waals surface area contributed by atoms with Crippen molar-refractivity contribution in [2.75, 3.05) is 39.3 Å². The van der Waals surface area contributed by atoms with Crippen LogP contribution in [0.1, 0.15) is 25.8 Å². The van der Waals surface area contributed by atoms with Gasteiger partial charge in [-0.2, -0.15) is 0 Å². The second-order valence-electron chi connectivity index (χ2n) is 6.68. The van der Waals surface area contributed by atoms with Gasteiger partial charge in [0.05, 0.1) is 13.2 Å². The molecule has 2 aliphatic rings. The molecule has 0 radical (unpaired) electrons. The molecular formula is C20H30FIN4O. The Hall–Kier alpha value is -1.35. The van der Waals surface area contributed by atoms with Crippen molar-refractivity contribution in [2.24, 2.45) is 4.99 Å². The molecule has 1 fully saturated rings. The first kappa shape index (κ1) is 21.9. The van der Waals surface area contributed by atoms with E-state index in [1.54, 1.807) is 6.07 Å². The van der Waals surface area contributed by atoms with Gasteiger partial charge in [-0.15, -0.1) is 24.0 Å². The summed E-state index contributed by atoms with van der Waals surface area (Å²) < 4.78 is 19.3. The van der Waals surface area contributed by atoms with Crippen LogP contribution < -0.4 is 10.1 Å². The summed E-state index contributed by atoms with van der Waals surface area (Å²) >= 11 is 0. The lowest BCUT2D eigenvalue weighted by Gasteiger charge is -2.25. The molecule has 1 atom stereocenters. The van der Waals surface area contributed by atoms with Crippen LogP contribution in [0.25, 0.3) is 0 Å². The Bertz CT molecular complexity index is 659. The fourth-order valence-electron chi connectivity index (χ4n) is 3.53. The number of guanidine groups is 1. The molecule has 1 aromatic carbocycles. The van der Waals surface area contributed by atoms with Gasteiger partial charge in [-0.25, -0.2) is 9.38 Å². The van der Waals surface area contributed by atoms with Crippen LogP contribution in [0.15, 0.2) is 35.3 Å². The molecule has 0 spiro atoms. The molecule has 0 aromatic heterocycles. The highest BCUT2D eigenvalue weighted by molar-refractivity contribution is 14.0. The number of hydrogen-bond acceptors (Lipinski definition) is 3. The normalized spacial score (nSPS) is 20.0. The number of benzene rings is 1. The van der Waals surface area contributed by atoms with Gasteiger partial charge in [0, 0.05) is 38.8 Å². The Morgan fingerprint density at radius 1 is 1.30 bits per heavy atom. The van der Waals surface area contributed by atoms with Gasteiger partial charge in [-0.05, 0) is 38.0 Å². The lowest BCUT2D eigenvalue weighted by atomic mass is 10.2. The number of aliphatic imine (C=N–C) groups is 1. The van der Waals surface area contributed by atoms with Crippen LogP contribution in [0.4, 0.5) is 4.39 Å². The van der Waals surface area contributed by atoms with E-state index in [2.05, 4.69) is 34.2 Å². The zero-order valence-electron chi connectivity index (χ0n) is 16.2. The zero-order chi connectivity index (χ0) is 18.4. The molecule has 27 heavy (non-hydrogen) atoms. The highest BCUT2D eigenvalue weighted by Gasteiger charge is 2.29. The van der Waals surface area contributed by atoms with Gasteiger partial charge in [-0.1, -0.05) is 18.2 Å². The molecular weight excluding hydrogens is 458 g/mol. The standard InChI is InChI=1S/C20H29FN4O.HI/c1-3-22-20(25-12-9-17(15-25)24-10-5-6-11-24)23-14-16-7-8-19(26-4-2)18(21)13-16;/h5-8,13,17H,3-4,9-12,14-15H2,1-2H3,(H,22,23);1H. The molecule has 0 amide bonds. The predicted octanol–water partition coefficient (Wildman–Crippen LogP) is 3.25. The Morgan fingerprint density at radius 2 is 2.07 bits per heavy atom. The summed E-state index contributed by atoms with van der Waals surface area (Å²) in [5, 5.41) is 3.38. The minimum absolute atomic E-state index is 0. The van der Waals surface area contributed by atoms with Crippen LogP contribution in [-0.2, 0) is 6.54 Å². The van der Waals surface area contributed by atoms with E-state index in [1.807, 2.05) is 13.0 Å². The minimum Gasteiger partial charge on any atom is -0.491 e. The number of halogens is 2. The quantitative estimate of drug-likeness (QED) is 0.289. The van der Waals surface area contributed by atoms with Crippen LogP contribution in [0, 0.1) is 5.82 Å². The van der Waals surface area contributed by atoms with Gasteiger partial charge in [0.15, 0.2) is 17.5 Å². The van der Waals surface area contributed by atoms with E-state index >= 15 is 0 Å². The molecule has 1 saturated heterocycles. The molecule has 0 bridgehead atoms. The van der Waals surface area contributed by atoms with Crippen molar-refractivity contribution in [1.82, 2.24) is 15.1 Å². The first-order valence-corrected chi connectivity index (χ1v) is 9.54. The smallest absolute Gasteiger partial charge is 0.194 e. The summed E-state index contributed by atoms with van der Waals surface area (Å²) in [5.41, 5.74) is 0.848. The second-order valence-corrected chi connectivity index (χ2v) is 6.68. The van der Waals surface area contributed by atoms with Crippen molar-refractivity contribution in [2.45, 2.75) is 32.9 Å². The maximum atomic E-state index is 14.0.